The van der Waals surface area contributed by atoms with Crippen LogP contribution in [0.2, 0.25) is 5.02 Å². The highest BCUT2D eigenvalue weighted by molar-refractivity contribution is 6.30. The third-order valence-corrected chi connectivity index (χ3v) is 5.36. The average Bonchev–Trinajstić information content (AvgIpc) is 3.05. The van der Waals surface area contributed by atoms with E-state index in [1.807, 2.05) is 18.2 Å². The lowest BCUT2D eigenvalue weighted by atomic mass is 9.96. The van der Waals surface area contributed by atoms with Crippen LogP contribution >= 0.6 is 11.6 Å². The van der Waals surface area contributed by atoms with Crippen molar-refractivity contribution in [2.75, 3.05) is 25.4 Å². The summed E-state index contributed by atoms with van der Waals surface area (Å²) in [5, 5.41) is 11.6. The number of hydrogen-bond donors (Lipinski definition) is 4. The third-order valence-electron chi connectivity index (χ3n) is 5.11. The van der Waals surface area contributed by atoms with Crippen LogP contribution in [0.5, 0.6) is 0 Å². The van der Waals surface area contributed by atoms with Gasteiger partial charge in [-0.25, -0.2) is 4.98 Å². The van der Waals surface area contributed by atoms with E-state index in [0.29, 0.717) is 23.8 Å². The Kier molecular flexibility index (Phi) is 7.07. The molecule has 0 saturated carbocycles. The summed E-state index contributed by atoms with van der Waals surface area (Å²) in [4.78, 5) is 4.50. The molecule has 5 nitrogen and oxygen atoms in total. The van der Waals surface area contributed by atoms with Crippen LogP contribution in [0.4, 0.5) is 5.82 Å². The lowest BCUT2D eigenvalue weighted by Crippen LogP contribution is -2.44. The number of rotatable bonds is 8. The second-order valence-corrected chi connectivity index (χ2v) is 8.04. The number of anilines is 1. The minimum Gasteiger partial charge on any atom is -0.384 e. The minimum atomic E-state index is 0.384. The third kappa shape index (κ3) is 6.18. The van der Waals surface area contributed by atoms with Crippen LogP contribution in [0, 0.1) is 12.8 Å². The van der Waals surface area contributed by atoms with Gasteiger partial charge in [0.1, 0.15) is 5.82 Å². The Bertz CT molecular complexity index is 714. The molecule has 3 atom stereocenters. The smallest absolute Gasteiger partial charge is 0.123 e. The molecule has 0 aliphatic carbocycles. The lowest BCUT2D eigenvalue weighted by Gasteiger charge is -2.23. The van der Waals surface area contributed by atoms with Crippen molar-refractivity contribution < 1.29 is 0 Å². The van der Waals surface area contributed by atoms with Crippen LogP contribution in [0.3, 0.4) is 0 Å². The van der Waals surface area contributed by atoms with Gasteiger partial charge in [0.05, 0.1) is 0 Å². The SMILES string of the molecule is Cc1cc(N)nc(C[C@H]2CNC[C@H]2NC[C@H](C)NCc2ccc(Cl)cc2)c1. The lowest BCUT2D eigenvalue weighted by molar-refractivity contribution is 0.393. The molecule has 0 spiro atoms. The first kappa shape index (κ1) is 20.1. The fraction of sp³-hybridized carbons (Fsp3) is 0.476. The summed E-state index contributed by atoms with van der Waals surface area (Å²) in [5.74, 6) is 1.14. The molecule has 6 heteroatoms. The molecule has 0 bridgehead atoms. The number of nitrogens with one attached hydrogen (secondary N) is 3. The Labute approximate surface area is 167 Å². The first-order valence-corrected chi connectivity index (χ1v) is 10.0. The highest BCUT2D eigenvalue weighted by Crippen LogP contribution is 2.17. The van der Waals surface area contributed by atoms with Crippen LogP contribution in [-0.2, 0) is 13.0 Å². The summed E-state index contributed by atoms with van der Waals surface area (Å²) in [6, 6.07) is 12.9. The zero-order valence-corrected chi connectivity index (χ0v) is 16.9. The molecule has 3 rings (SSSR count). The maximum absolute atomic E-state index is 5.94. The molecule has 2 heterocycles. The molecule has 1 aliphatic heterocycles. The second kappa shape index (κ2) is 9.51. The minimum absolute atomic E-state index is 0.384. The maximum Gasteiger partial charge on any atom is 0.123 e. The van der Waals surface area contributed by atoms with E-state index in [1.165, 1.54) is 11.1 Å². The molecular formula is C21H30ClN5. The highest BCUT2D eigenvalue weighted by Gasteiger charge is 2.27. The highest BCUT2D eigenvalue weighted by atomic mass is 35.5. The normalized spacial score (nSPS) is 20.7. The summed E-state index contributed by atoms with van der Waals surface area (Å²) in [6.07, 6.45) is 0.948. The number of halogens is 1. The molecule has 1 aromatic heterocycles. The Balaban J connectivity index is 1.45. The van der Waals surface area contributed by atoms with E-state index in [-0.39, 0.29) is 0 Å². The zero-order chi connectivity index (χ0) is 19.2. The Morgan fingerprint density at radius 2 is 2.04 bits per heavy atom. The van der Waals surface area contributed by atoms with Gasteiger partial charge >= 0.3 is 0 Å². The van der Waals surface area contributed by atoms with Gasteiger partial charge in [0.2, 0.25) is 0 Å². The summed E-state index contributed by atoms with van der Waals surface area (Å²) in [6.45, 7) is 8.07. The topological polar surface area (TPSA) is 75.0 Å². The Morgan fingerprint density at radius 1 is 1.26 bits per heavy atom. The van der Waals surface area contributed by atoms with Crippen LogP contribution in [0.25, 0.3) is 0 Å². The van der Waals surface area contributed by atoms with Crippen molar-refractivity contribution in [3.8, 4) is 0 Å². The average molecular weight is 388 g/mol. The van der Waals surface area contributed by atoms with E-state index >= 15 is 0 Å². The molecular weight excluding hydrogens is 358 g/mol. The molecule has 27 heavy (non-hydrogen) atoms. The first-order chi connectivity index (χ1) is 13.0. The van der Waals surface area contributed by atoms with Crippen molar-refractivity contribution in [1.82, 2.24) is 20.9 Å². The zero-order valence-electron chi connectivity index (χ0n) is 16.1. The van der Waals surface area contributed by atoms with E-state index in [1.54, 1.807) is 0 Å². The van der Waals surface area contributed by atoms with E-state index in [9.17, 15) is 0 Å². The van der Waals surface area contributed by atoms with Crippen molar-refractivity contribution in [2.24, 2.45) is 5.92 Å². The molecule has 2 aromatic rings. The van der Waals surface area contributed by atoms with Gasteiger partial charge in [-0.15, -0.1) is 0 Å². The quantitative estimate of drug-likeness (QED) is 0.560. The van der Waals surface area contributed by atoms with E-state index < -0.39 is 0 Å². The second-order valence-electron chi connectivity index (χ2n) is 7.61. The molecule has 5 N–H and O–H groups in total. The fourth-order valence-electron chi connectivity index (χ4n) is 3.62. The van der Waals surface area contributed by atoms with E-state index in [2.05, 4.69) is 53.0 Å². The van der Waals surface area contributed by atoms with Crippen molar-refractivity contribution in [1.29, 1.82) is 0 Å². The van der Waals surface area contributed by atoms with Gasteiger partial charge in [-0.2, -0.15) is 0 Å². The van der Waals surface area contributed by atoms with Crippen LogP contribution in [0.15, 0.2) is 36.4 Å². The number of aryl methyl sites for hydroxylation is 1. The predicted molar refractivity (Wildman–Crippen MR) is 113 cm³/mol. The fourth-order valence-corrected chi connectivity index (χ4v) is 3.75. The molecule has 1 aromatic carbocycles. The van der Waals surface area contributed by atoms with Gasteiger partial charge in [-0.05, 0) is 68.1 Å². The van der Waals surface area contributed by atoms with E-state index in [4.69, 9.17) is 17.3 Å². The summed E-state index contributed by atoms with van der Waals surface area (Å²) >= 11 is 5.94. The van der Waals surface area contributed by atoms with E-state index in [0.717, 1.165) is 43.3 Å². The predicted octanol–water partition coefficient (Wildman–Crippen LogP) is 2.52. The summed E-state index contributed by atoms with van der Waals surface area (Å²) in [7, 11) is 0. The Morgan fingerprint density at radius 3 is 2.78 bits per heavy atom. The molecule has 0 radical (unpaired) electrons. The molecule has 1 saturated heterocycles. The number of aromatic nitrogens is 1. The number of nitrogen functional groups attached to an aromatic ring is 1. The molecule has 1 aliphatic rings. The number of benzene rings is 1. The van der Waals surface area contributed by atoms with Gasteiger partial charge in [0.15, 0.2) is 0 Å². The van der Waals surface area contributed by atoms with Gasteiger partial charge in [0.25, 0.3) is 0 Å². The van der Waals surface area contributed by atoms with Gasteiger partial charge in [-0.1, -0.05) is 23.7 Å². The van der Waals surface area contributed by atoms with Crippen molar-refractivity contribution in [3.05, 3.63) is 58.2 Å². The standard InChI is InChI=1S/C21H30ClN5/c1-14-7-19(27-21(23)8-14)9-17-12-24-13-20(17)26-10-15(2)25-11-16-3-5-18(22)6-4-16/h3-8,15,17,20,24-26H,9-13H2,1-2H3,(H2,23,27)/t15-,17-,20+/m0/s1. The van der Waals surface area contributed by atoms with Crippen LogP contribution in [0.1, 0.15) is 23.7 Å². The van der Waals surface area contributed by atoms with Crippen molar-refractivity contribution in [2.45, 2.75) is 38.9 Å². The first-order valence-electron chi connectivity index (χ1n) is 9.64. The molecule has 0 amide bonds. The Hall–Kier alpha value is -1.66. The van der Waals surface area contributed by atoms with Crippen LogP contribution in [-0.4, -0.2) is 36.7 Å². The number of hydrogen-bond acceptors (Lipinski definition) is 5. The number of nitrogens with two attached hydrogens (primary N) is 1. The summed E-state index contributed by atoms with van der Waals surface area (Å²) in [5.41, 5.74) is 9.40. The largest absolute Gasteiger partial charge is 0.384 e. The number of pyridine rings is 1. The molecule has 0 unspecified atom stereocenters. The summed E-state index contributed by atoms with van der Waals surface area (Å²) < 4.78 is 0. The molecule has 146 valence electrons. The van der Waals surface area contributed by atoms with Crippen LogP contribution < -0.4 is 21.7 Å². The van der Waals surface area contributed by atoms with Gasteiger partial charge < -0.3 is 21.7 Å². The van der Waals surface area contributed by atoms with Crippen molar-refractivity contribution in [3.63, 3.8) is 0 Å². The van der Waals surface area contributed by atoms with Crippen molar-refractivity contribution >= 4 is 17.4 Å². The maximum atomic E-state index is 5.94. The molecule has 1 fully saturated rings. The van der Waals surface area contributed by atoms with Gasteiger partial charge in [-0.3, -0.25) is 0 Å². The van der Waals surface area contributed by atoms with Gasteiger partial charge in [0, 0.05) is 42.4 Å². The monoisotopic (exact) mass is 387 g/mol. The number of nitrogens with zero attached hydrogens (tertiary/aromatic N) is 1.